The van der Waals surface area contributed by atoms with Crippen LogP contribution < -0.4 is 65.9 Å². The first-order valence-electron chi connectivity index (χ1n) is 25.1. The number of aromatic nitrogens is 1. The van der Waals surface area contributed by atoms with Crippen LogP contribution in [0.3, 0.4) is 0 Å². The molecule has 3 aromatic rings. The molecule has 0 saturated carbocycles. The van der Waals surface area contributed by atoms with Gasteiger partial charge in [0.05, 0.1) is 12.1 Å². The number of nitrogens with two attached hydrogens (primary N) is 5. The second kappa shape index (κ2) is 28.4. The van der Waals surface area contributed by atoms with Gasteiger partial charge in [0.1, 0.15) is 42.1 Å². The lowest BCUT2D eigenvalue weighted by Crippen LogP contribution is -2.60. The molecule has 2 fully saturated rings. The number of benzene rings is 2. The van der Waals surface area contributed by atoms with Crippen molar-refractivity contribution in [3.63, 3.8) is 0 Å². The topological polar surface area (TPSA) is 415 Å². The van der Waals surface area contributed by atoms with Crippen molar-refractivity contribution in [1.82, 2.24) is 47.1 Å². The van der Waals surface area contributed by atoms with E-state index in [-0.39, 0.29) is 107 Å². The van der Waals surface area contributed by atoms with E-state index >= 15 is 4.39 Å². The second-order valence-electron chi connectivity index (χ2n) is 18.8. The molecule has 0 radical (unpaired) electrons. The Balaban J connectivity index is 1.54. The number of fused-ring (bicyclic) bond motifs is 2. The van der Waals surface area contributed by atoms with E-state index in [1.165, 1.54) is 25.1 Å². The molecule has 2 aliphatic heterocycles. The fraction of sp³-hybridized carbons (Fsp3) is 0.480. The summed E-state index contributed by atoms with van der Waals surface area (Å²) in [6.45, 7) is 4.84. The summed E-state index contributed by atoms with van der Waals surface area (Å²) in [4.78, 5) is 124. The van der Waals surface area contributed by atoms with Crippen molar-refractivity contribution in [3.8, 4) is 0 Å². The molecule has 8 atom stereocenters. The number of hydrogen-bond donors (Lipinski definition) is 14. The van der Waals surface area contributed by atoms with Crippen molar-refractivity contribution in [2.75, 3.05) is 26.2 Å². The molecular weight excluding hydrogens is 988 g/mol. The number of aliphatic imine (C=N–C) groups is 2. The summed E-state index contributed by atoms with van der Waals surface area (Å²) in [5.74, 6) is -7.35. The van der Waals surface area contributed by atoms with Gasteiger partial charge >= 0.3 is 0 Å². The summed E-state index contributed by atoms with van der Waals surface area (Å²) in [5.41, 5.74) is 29.7. The van der Waals surface area contributed by atoms with Crippen LogP contribution in [0.25, 0.3) is 10.9 Å². The Kier molecular flexibility index (Phi) is 21.9. The Morgan fingerprint density at radius 2 is 1.43 bits per heavy atom. The first kappa shape index (κ1) is 58.6. The maximum Gasteiger partial charge on any atom is 0.245 e. The van der Waals surface area contributed by atoms with Crippen molar-refractivity contribution in [3.05, 3.63) is 83.9 Å². The molecule has 1 aromatic heterocycles. The van der Waals surface area contributed by atoms with Gasteiger partial charge in [-0.15, -0.1) is 0 Å². The highest BCUT2D eigenvalue weighted by atomic mass is 19.1. The first-order chi connectivity index (χ1) is 36.2. The summed E-state index contributed by atoms with van der Waals surface area (Å²) >= 11 is 0. The van der Waals surface area contributed by atoms with E-state index in [4.69, 9.17) is 28.7 Å². The summed E-state index contributed by atoms with van der Waals surface area (Å²) in [6.07, 6.45) is -0.358. The van der Waals surface area contributed by atoms with Gasteiger partial charge in [-0.3, -0.25) is 48.3 Å². The zero-order valence-electron chi connectivity index (χ0n) is 42.4. The number of aliphatic hydroxyl groups is 1. The Bertz CT molecular complexity index is 2640. The average Bonchev–Trinajstić information content (AvgIpc) is 3.97. The minimum absolute atomic E-state index is 0.00644. The van der Waals surface area contributed by atoms with Gasteiger partial charge in [-0.2, -0.15) is 0 Å². The zero-order valence-corrected chi connectivity index (χ0v) is 42.4. The Morgan fingerprint density at radius 3 is 2.12 bits per heavy atom. The Morgan fingerprint density at radius 1 is 0.816 bits per heavy atom. The minimum atomic E-state index is -1.63. The molecule has 2 unspecified atom stereocenters. The van der Waals surface area contributed by atoms with Gasteiger partial charge in [-0.05, 0) is 68.2 Å². The summed E-state index contributed by atoms with van der Waals surface area (Å²) < 4.78 is 15.4. The molecular formula is C50H71FN16O9. The number of para-hydroxylation sites is 1. The van der Waals surface area contributed by atoms with Gasteiger partial charge in [-0.25, -0.2) is 4.39 Å². The van der Waals surface area contributed by atoms with Crippen LogP contribution in [-0.4, -0.2) is 149 Å². The number of H-pyrrole nitrogens is 1. The third-order valence-corrected chi connectivity index (χ3v) is 12.9. The van der Waals surface area contributed by atoms with Gasteiger partial charge in [-0.1, -0.05) is 43.0 Å². The smallest absolute Gasteiger partial charge is 0.245 e. The molecule has 2 aliphatic rings. The monoisotopic (exact) mass is 1060 g/mol. The van der Waals surface area contributed by atoms with Crippen LogP contribution in [0.4, 0.5) is 4.39 Å². The first-order valence-corrected chi connectivity index (χ1v) is 25.1. The number of guanidine groups is 2. The molecule has 25 nitrogen and oxygen atoms in total. The SMILES string of the molecule is C=C(N)C1CCCNC(=O)CC[C@H](NC(=O)[C@H](CCCN=C(N)N)NC(C)=O)C(=O)N2CC(O)C[C@H]2C(=O)N[C@H](Cc2ccccc2F)C(=O)N[C@@H](CCCN=C(N)N)C(=O)N[C@@H](Cc2c[nH]c3ccccc23)C(=O)N1. The largest absolute Gasteiger partial charge is 0.401 e. The highest BCUT2D eigenvalue weighted by Gasteiger charge is 2.43. The normalized spacial score (nSPS) is 22.8. The van der Waals surface area contributed by atoms with E-state index in [0.717, 1.165) is 21.9 Å². The Labute approximate surface area is 438 Å². The average molecular weight is 1060 g/mol. The van der Waals surface area contributed by atoms with Crippen LogP contribution in [0, 0.1) is 5.82 Å². The van der Waals surface area contributed by atoms with E-state index < -0.39 is 114 Å². The van der Waals surface area contributed by atoms with Gasteiger partial charge < -0.3 is 80.9 Å². The van der Waals surface area contributed by atoms with Crippen molar-refractivity contribution in [1.29, 1.82) is 0 Å². The number of amides is 8. The van der Waals surface area contributed by atoms with Crippen LogP contribution in [-0.2, 0) is 51.2 Å². The lowest BCUT2D eigenvalue weighted by atomic mass is 10.0. The molecule has 0 aliphatic carbocycles. The number of nitrogens with one attached hydrogen (secondary N) is 8. The predicted octanol–water partition coefficient (Wildman–Crippen LogP) is -2.75. The third kappa shape index (κ3) is 17.7. The van der Waals surface area contributed by atoms with Crippen molar-refractivity contribution >= 4 is 70.1 Å². The van der Waals surface area contributed by atoms with Crippen LogP contribution in [0.1, 0.15) is 75.8 Å². The van der Waals surface area contributed by atoms with Gasteiger partial charge in [0, 0.05) is 81.6 Å². The van der Waals surface area contributed by atoms with E-state index in [2.05, 4.69) is 58.8 Å². The quantitative estimate of drug-likeness (QED) is 0.0393. The van der Waals surface area contributed by atoms with E-state index in [1.54, 1.807) is 6.20 Å². The molecule has 8 amide bonds. The Hall–Kier alpha value is -8.29. The molecule has 0 bridgehead atoms. The fourth-order valence-electron chi connectivity index (χ4n) is 8.98. The molecule has 5 rings (SSSR count). The van der Waals surface area contributed by atoms with Crippen molar-refractivity contribution in [2.45, 2.75) is 126 Å². The van der Waals surface area contributed by atoms with Crippen LogP contribution in [0.2, 0.25) is 0 Å². The molecule has 2 aromatic carbocycles. The molecule has 412 valence electrons. The second-order valence-corrected chi connectivity index (χ2v) is 18.8. The molecule has 3 heterocycles. The summed E-state index contributed by atoms with van der Waals surface area (Å²) in [5, 5.41) is 30.7. The van der Waals surface area contributed by atoms with E-state index in [0.29, 0.717) is 5.56 Å². The maximum absolute atomic E-state index is 15.4. The lowest BCUT2D eigenvalue weighted by molar-refractivity contribution is -0.143. The molecule has 76 heavy (non-hydrogen) atoms. The lowest BCUT2D eigenvalue weighted by Gasteiger charge is -2.31. The number of hydrogen-bond acceptors (Lipinski definition) is 12. The summed E-state index contributed by atoms with van der Waals surface area (Å²) in [7, 11) is 0. The van der Waals surface area contributed by atoms with E-state index in [1.807, 2.05) is 24.3 Å². The highest BCUT2D eigenvalue weighted by Crippen LogP contribution is 2.23. The number of carbonyl (C=O) groups excluding carboxylic acids is 8. The van der Waals surface area contributed by atoms with E-state index in [9.17, 15) is 43.5 Å². The number of nitrogens with zero attached hydrogens (tertiary/aromatic N) is 3. The molecule has 2 saturated heterocycles. The minimum Gasteiger partial charge on any atom is -0.401 e. The maximum atomic E-state index is 15.4. The number of rotatable bonds is 16. The fourth-order valence-corrected chi connectivity index (χ4v) is 8.98. The van der Waals surface area contributed by atoms with Gasteiger partial charge in [0.2, 0.25) is 47.3 Å². The van der Waals surface area contributed by atoms with Crippen molar-refractivity contribution in [2.24, 2.45) is 38.7 Å². The number of aromatic amines is 1. The van der Waals surface area contributed by atoms with Crippen LogP contribution in [0.15, 0.2) is 77.0 Å². The third-order valence-electron chi connectivity index (χ3n) is 12.9. The van der Waals surface area contributed by atoms with Gasteiger partial charge in [0.15, 0.2) is 11.9 Å². The molecule has 19 N–H and O–H groups in total. The predicted molar refractivity (Wildman–Crippen MR) is 280 cm³/mol. The van der Waals surface area contributed by atoms with Crippen molar-refractivity contribution < 1.29 is 47.9 Å². The zero-order chi connectivity index (χ0) is 55.5. The number of carbonyl (C=O) groups is 8. The standard InChI is InChI=1S/C50H71FN16O9/c1-27(52)34-14-7-19-57-42(70)18-17-38(64-43(71)36(61-28(2)68)15-8-20-58-49(53)54)48(76)67-26-31(69)24-41(67)47(75)66-39(22-29-10-3-5-12-33(29)51)46(74)63-37(16-9-21-59-50(55)56)44(72)65-40(45(73)62-34)23-30-25-60-35-13-6-4-11-32(30)35/h3-6,10-13,25,31,34,36-41,60,69H,1,7-9,14-24,26,52H2,2H3,(H,57,70)(H,61,68)(H,62,73)(H,63,74)(H,64,71)(H,65,72)(H,66,75)(H4,53,54,58)(H4,55,56,59)/t31?,34?,36-,37-,38-,39+,40-,41-/m0/s1. The molecule has 26 heteroatoms. The summed E-state index contributed by atoms with van der Waals surface area (Å²) in [6, 6.07) is 3.43. The highest BCUT2D eigenvalue weighted by molar-refractivity contribution is 5.98. The number of aliphatic hydroxyl groups excluding tert-OH is 1. The van der Waals surface area contributed by atoms with Crippen LogP contribution in [0.5, 0.6) is 0 Å². The van der Waals surface area contributed by atoms with Gasteiger partial charge in [0.25, 0.3) is 0 Å². The molecule has 0 spiro atoms. The number of halogens is 1. The van der Waals surface area contributed by atoms with Crippen LogP contribution >= 0.6 is 0 Å².